The largest absolute Gasteiger partial charge is 0.338 e. The van der Waals surface area contributed by atoms with Crippen LogP contribution >= 0.6 is 0 Å². The number of hydrogen-bond donors (Lipinski definition) is 2. The molecule has 1 rings (SSSR count). The summed E-state index contributed by atoms with van der Waals surface area (Å²) in [5, 5.41) is 5.69. The van der Waals surface area contributed by atoms with Crippen LogP contribution in [-0.2, 0) is 10.8 Å². The predicted molar refractivity (Wildman–Crippen MR) is 76.1 cm³/mol. The first-order valence-electron chi connectivity index (χ1n) is 6.92. The third-order valence-electron chi connectivity index (χ3n) is 3.43. The van der Waals surface area contributed by atoms with Crippen molar-refractivity contribution < 1.29 is 9.00 Å². The lowest BCUT2D eigenvalue weighted by Crippen LogP contribution is -2.43. The van der Waals surface area contributed by atoms with Crippen molar-refractivity contribution in [2.75, 3.05) is 18.6 Å². The summed E-state index contributed by atoms with van der Waals surface area (Å²) >= 11 is 0. The zero-order valence-electron chi connectivity index (χ0n) is 11.5. The molecule has 1 aliphatic rings. The molecule has 0 bridgehead atoms. The van der Waals surface area contributed by atoms with Gasteiger partial charge in [0.1, 0.15) is 0 Å². The van der Waals surface area contributed by atoms with Crippen molar-refractivity contribution in [2.45, 2.75) is 51.5 Å². The quantitative estimate of drug-likeness (QED) is 0.778. The lowest BCUT2D eigenvalue weighted by atomic mass is 9.87. The summed E-state index contributed by atoms with van der Waals surface area (Å²) in [6.07, 6.45) is 9.42. The van der Waals surface area contributed by atoms with E-state index in [0.717, 1.165) is 18.9 Å². The Kier molecular flexibility index (Phi) is 7.32. The average Bonchev–Trinajstić information content (AvgIpc) is 2.29. The average molecular weight is 274 g/mol. The Morgan fingerprint density at radius 3 is 2.61 bits per heavy atom. The molecule has 0 radical (unpaired) electrons. The van der Waals surface area contributed by atoms with E-state index in [1.165, 1.54) is 32.1 Å². The maximum Gasteiger partial charge on any atom is 0.315 e. The van der Waals surface area contributed by atoms with E-state index in [1.54, 1.807) is 6.26 Å². The van der Waals surface area contributed by atoms with Gasteiger partial charge in [-0.15, -0.1) is 0 Å². The van der Waals surface area contributed by atoms with Crippen LogP contribution in [0.1, 0.15) is 45.4 Å². The minimum Gasteiger partial charge on any atom is -0.338 e. The molecule has 1 saturated carbocycles. The Labute approximate surface area is 113 Å². The van der Waals surface area contributed by atoms with Gasteiger partial charge in [0, 0.05) is 35.4 Å². The van der Waals surface area contributed by atoms with Crippen LogP contribution in [0.5, 0.6) is 0 Å². The molecule has 1 fully saturated rings. The van der Waals surface area contributed by atoms with E-state index in [2.05, 4.69) is 10.6 Å². The third kappa shape index (κ3) is 6.99. The van der Waals surface area contributed by atoms with Gasteiger partial charge < -0.3 is 10.6 Å². The lowest BCUT2D eigenvalue weighted by molar-refractivity contribution is 0.236. The van der Waals surface area contributed by atoms with E-state index < -0.39 is 10.8 Å². The van der Waals surface area contributed by atoms with Crippen LogP contribution in [0.3, 0.4) is 0 Å². The maximum atomic E-state index is 11.6. The molecule has 2 atom stereocenters. The fourth-order valence-corrected chi connectivity index (χ4v) is 3.32. The normalized spacial score (nSPS) is 20.1. The molecule has 1 aliphatic carbocycles. The second-order valence-corrected chi connectivity index (χ2v) is 6.81. The highest BCUT2D eigenvalue weighted by Crippen LogP contribution is 2.25. The Morgan fingerprint density at radius 1 is 1.33 bits per heavy atom. The van der Waals surface area contributed by atoms with E-state index in [4.69, 9.17) is 0 Å². The van der Waals surface area contributed by atoms with Gasteiger partial charge in [0.15, 0.2) is 0 Å². The summed E-state index contributed by atoms with van der Waals surface area (Å²) in [4.78, 5) is 11.6. The van der Waals surface area contributed by atoms with Crippen molar-refractivity contribution in [3.05, 3.63) is 0 Å². The zero-order valence-corrected chi connectivity index (χ0v) is 12.4. The standard InChI is InChI=1S/C13H26N2O2S/c1-11(10-18(2)17)15-13(16)14-9-8-12-6-4-3-5-7-12/h11-12H,3-10H2,1-2H3,(H2,14,15,16)/t11-,18+/m0/s1. The molecule has 2 N–H and O–H groups in total. The minimum absolute atomic E-state index is 0.0366. The van der Waals surface area contributed by atoms with Gasteiger partial charge in [-0.1, -0.05) is 32.1 Å². The predicted octanol–water partition coefficient (Wildman–Crippen LogP) is 2.02. The highest BCUT2D eigenvalue weighted by Gasteiger charge is 2.13. The van der Waals surface area contributed by atoms with Crippen LogP contribution in [0.2, 0.25) is 0 Å². The van der Waals surface area contributed by atoms with E-state index in [-0.39, 0.29) is 12.1 Å². The van der Waals surface area contributed by atoms with Gasteiger partial charge in [0.25, 0.3) is 0 Å². The molecule has 0 heterocycles. The van der Waals surface area contributed by atoms with Crippen molar-refractivity contribution in [2.24, 2.45) is 5.92 Å². The molecule has 0 unspecified atom stereocenters. The molecule has 0 saturated heterocycles. The Morgan fingerprint density at radius 2 is 2.00 bits per heavy atom. The summed E-state index contributed by atoms with van der Waals surface area (Å²) in [6, 6.07) is -0.172. The molecule has 5 heteroatoms. The number of nitrogens with one attached hydrogen (secondary N) is 2. The second-order valence-electron chi connectivity index (χ2n) is 5.33. The van der Waals surface area contributed by atoms with Crippen molar-refractivity contribution in [1.29, 1.82) is 0 Å². The number of rotatable bonds is 6. The first-order valence-corrected chi connectivity index (χ1v) is 8.65. The smallest absolute Gasteiger partial charge is 0.315 e. The molecule has 0 aliphatic heterocycles. The van der Waals surface area contributed by atoms with E-state index >= 15 is 0 Å². The van der Waals surface area contributed by atoms with Crippen molar-refractivity contribution in [3.63, 3.8) is 0 Å². The van der Waals surface area contributed by atoms with Crippen LogP contribution in [-0.4, -0.2) is 34.8 Å². The van der Waals surface area contributed by atoms with Crippen LogP contribution in [0.25, 0.3) is 0 Å². The summed E-state index contributed by atoms with van der Waals surface area (Å²) in [6.45, 7) is 2.63. The van der Waals surface area contributed by atoms with Crippen LogP contribution < -0.4 is 10.6 Å². The first-order chi connectivity index (χ1) is 8.58. The first kappa shape index (κ1) is 15.5. The molecular formula is C13H26N2O2S. The van der Waals surface area contributed by atoms with Crippen molar-refractivity contribution in [3.8, 4) is 0 Å². The summed E-state index contributed by atoms with van der Waals surface area (Å²) in [7, 11) is -0.864. The second kappa shape index (κ2) is 8.51. The fourth-order valence-electron chi connectivity index (χ4n) is 2.53. The highest BCUT2D eigenvalue weighted by atomic mass is 32.2. The van der Waals surface area contributed by atoms with Gasteiger partial charge in [-0.2, -0.15) is 0 Å². The summed E-state index contributed by atoms with van der Waals surface area (Å²) in [5.74, 6) is 1.30. The van der Waals surface area contributed by atoms with Gasteiger partial charge in [0.2, 0.25) is 0 Å². The molecule has 106 valence electrons. The fraction of sp³-hybridized carbons (Fsp3) is 0.923. The molecule has 0 aromatic rings. The number of hydrogen-bond acceptors (Lipinski definition) is 2. The SMILES string of the molecule is C[C@@H](C[S@@](C)=O)NC(=O)NCCC1CCCCC1. The number of amides is 2. The molecule has 0 aromatic heterocycles. The highest BCUT2D eigenvalue weighted by molar-refractivity contribution is 7.84. The van der Waals surface area contributed by atoms with Crippen LogP contribution in [0.4, 0.5) is 4.79 Å². The molecule has 0 spiro atoms. The van der Waals surface area contributed by atoms with Crippen LogP contribution in [0.15, 0.2) is 0 Å². The Hall–Kier alpha value is -0.580. The molecule has 2 amide bonds. The van der Waals surface area contributed by atoms with Gasteiger partial charge in [-0.05, 0) is 19.3 Å². The van der Waals surface area contributed by atoms with Crippen molar-refractivity contribution in [1.82, 2.24) is 10.6 Å². The molecule has 4 nitrogen and oxygen atoms in total. The Bertz CT molecular complexity index is 278. The van der Waals surface area contributed by atoms with Gasteiger partial charge >= 0.3 is 6.03 Å². The minimum atomic E-state index is -0.864. The van der Waals surface area contributed by atoms with E-state index in [9.17, 15) is 9.00 Å². The van der Waals surface area contributed by atoms with E-state index in [0.29, 0.717) is 5.75 Å². The number of carbonyl (C=O) groups is 1. The van der Waals surface area contributed by atoms with Crippen LogP contribution in [0, 0.1) is 5.92 Å². The number of urea groups is 1. The monoisotopic (exact) mass is 274 g/mol. The van der Waals surface area contributed by atoms with Gasteiger partial charge in [-0.25, -0.2) is 4.79 Å². The molecule has 0 aromatic carbocycles. The Balaban J connectivity index is 2.07. The lowest BCUT2D eigenvalue weighted by Gasteiger charge is -2.21. The maximum absolute atomic E-state index is 11.6. The molecular weight excluding hydrogens is 248 g/mol. The topological polar surface area (TPSA) is 58.2 Å². The number of carbonyl (C=O) groups excluding carboxylic acids is 1. The van der Waals surface area contributed by atoms with Crippen molar-refractivity contribution >= 4 is 16.8 Å². The third-order valence-corrected chi connectivity index (χ3v) is 4.39. The van der Waals surface area contributed by atoms with Gasteiger partial charge in [0.05, 0.1) is 0 Å². The zero-order chi connectivity index (χ0) is 13.4. The summed E-state index contributed by atoms with van der Waals surface area (Å²) in [5.41, 5.74) is 0. The van der Waals surface area contributed by atoms with E-state index in [1.807, 2.05) is 6.92 Å². The molecule has 18 heavy (non-hydrogen) atoms. The summed E-state index contributed by atoms with van der Waals surface area (Å²) < 4.78 is 11.0. The van der Waals surface area contributed by atoms with Gasteiger partial charge in [-0.3, -0.25) is 4.21 Å².